The first-order valence-electron chi connectivity index (χ1n) is 48.3. The molecular weight excluding hydrogens is 1880 g/mol. The number of piperidine rings is 1. The zero-order valence-corrected chi connectivity index (χ0v) is 80.3. The van der Waals surface area contributed by atoms with E-state index in [0.29, 0.717) is 60.8 Å². The SMILES string of the molecule is NC1N=C(COc2cccc3c2CN(C2CCC(=O)NC2=O)C3=O)C=C1CN1CCOCC1.O=C1CCC(N2C(=O)c3cccc(OCc4ccc(CN5CCc6ncccc6C5)cc4)c3C2=O)C(=O)C1.O=C1CCC(N2C(=O)c3cccc(OCc4nc(CN5CCOCC5)cs4)c3C2=O)C(=O)C1.O=C1CCC(N2Cc3c(OCc4ccc(Cn5cnc(-c6ccccc6)c5)cc4)cccc3C2=O)C(=O)C1.O=CO. The molecule has 7 aromatic carbocycles. The molecule has 746 valence electrons. The molecule has 4 N–H and O–H groups in total. The Balaban J connectivity index is 0.000000126. The van der Waals surface area contributed by atoms with Crippen LogP contribution in [-0.2, 0) is 118 Å². The van der Waals surface area contributed by atoms with Crippen molar-refractivity contribution >= 4 is 105 Å². The first-order chi connectivity index (χ1) is 70.4. The first kappa shape index (κ1) is 99.9. The number of aliphatic imine (C=N–C) groups is 1. The van der Waals surface area contributed by atoms with E-state index < -0.39 is 53.7 Å². The fraction of sp³-hybridized carbons (Fsp3) is 0.343. The number of nitrogens with two attached hydrogens (primary N) is 1. The van der Waals surface area contributed by atoms with Crippen LogP contribution in [0.15, 0.2) is 205 Å². The smallest absolute Gasteiger partial charge is 0.290 e. The molecule has 0 radical (unpaired) electrons. The number of carboxylic acid groups (broad SMARTS) is 1. The lowest BCUT2D eigenvalue weighted by Gasteiger charge is -2.29. The monoisotopic (exact) mass is 1980 g/mol. The Kier molecular flexibility index (Phi) is 31.4. The summed E-state index contributed by atoms with van der Waals surface area (Å²) >= 11 is 1.48. The number of aromatic nitrogens is 4. The molecule has 145 heavy (non-hydrogen) atoms. The third-order valence-electron chi connectivity index (χ3n) is 27.3. The van der Waals surface area contributed by atoms with Crippen LogP contribution in [0.1, 0.15) is 188 Å². The summed E-state index contributed by atoms with van der Waals surface area (Å²) in [6, 6.07) is 48.2. The van der Waals surface area contributed by atoms with Crippen molar-refractivity contribution in [2.45, 2.75) is 166 Å². The van der Waals surface area contributed by atoms with Crippen LogP contribution in [0.3, 0.4) is 0 Å². The molecule has 36 nitrogen and oxygen atoms in total. The number of carbonyl (C=O) groups is 15. The highest BCUT2D eigenvalue weighted by Crippen LogP contribution is 2.41. The average molecular weight is 1980 g/mol. The quantitative estimate of drug-likeness (QED) is 0.0272. The van der Waals surface area contributed by atoms with Crippen molar-refractivity contribution in [2.75, 3.05) is 72.3 Å². The van der Waals surface area contributed by atoms with Gasteiger partial charge >= 0.3 is 0 Å². The largest absolute Gasteiger partial charge is 0.489 e. The van der Waals surface area contributed by atoms with Crippen LogP contribution in [0.4, 0.5) is 0 Å². The summed E-state index contributed by atoms with van der Waals surface area (Å²) in [5.74, 6) is -2.72. The van der Waals surface area contributed by atoms with Crippen LogP contribution in [0, 0.1) is 0 Å². The van der Waals surface area contributed by atoms with E-state index in [1.54, 1.807) is 65.6 Å². The number of Topliss-reactive ketones (excluding diaryl/α,β-unsaturated/α-hetero) is 6. The zero-order chi connectivity index (χ0) is 101. The number of pyridine rings is 1. The fourth-order valence-corrected chi connectivity index (χ4v) is 20.5. The number of benzene rings is 7. The van der Waals surface area contributed by atoms with Crippen LogP contribution >= 0.6 is 11.3 Å². The summed E-state index contributed by atoms with van der Waals surface area (Å²) in [5, 5.41) is 12.0. The predicted molar refractivity (Wildman–Crippen MR) is 523 cm³/mol. The standard InChI is InChI=1S/C31H27N3O4.C30H27N3O5.C23H27N5O5.C23H23N3O6S.CH2O2/c35-24-13-14-28(29(36)15-24)34-17-26-25(31(34)37)7-4-8-30(26)38-19-22-11-9-21(10-12-22)16-33-18-27(32-20-33)23-5-2-1-3-6-23;34-22-10-11-25(26(35)15-22)33-29(36)23-4-1-5-27(28(23)30(33)37)38-18-20-8-6-19(7-9-20)16-32-14-12-24-21(17-32)3-2-13-31-24;24-21-14(11-27-6-8-32-9-7-27)10-15(25-21)13-33-19-3-1-2-16-17(19)12-28(23(16)31)18-4-5-20(29)26-22(18)30;27-15-4-5-17(18(28)10-15)26-22(29)16-2-1-3-19(21(16)23(26)30)32-12-20-24-14(13-33-20)11-25-6-8-31-9-7-25;2-1-3/h1-12,18,20,28H,13-17,19H2;1-9,13,25H,10-12,14-18H2;1-3,10,18,21H,4-9,11-13,24H2,(H,26,29,30);1-3,13,17H,4-12H2;1H,(H,2,3). The molecule has 6 fully saturated rings. The van der Waals surface area contributed by atoms with E-state index in [2.05, 4.69) is 87.0 Å². The molecule has 0 bridgehead atoms. The maximum atomic E-state index is 13.3. The fourth-order valence-electron chi connectivity index (χ4n) is 19.8. The van der Waals surface area contributed by atoms with Crippen molar-refractivity contribution in [3.05, 3.63) is 288 Å². The van der Waals surface area contributed by atoms with Crippen LogP contribution in [0.2, 0.25) is 0 Å². The van der Waals surface area contributed by atoms with Crippen LogP contribution < -0.4 is 30.0 Å². The van der Waals surface area contributed by atoms with E-state index in [9.17, 15) is 67.1 Å². The summed E-state index contributed by atoms with van der Waals surface area (Å²) in [4.78, 5) is 213. The minimum atomic E-state index is -0.898. The topological polar surface area (TPSA) is 448 Å². The van der Waals surface area contributed by atoms with Crippen LogP contribution in [0.5, 0.6) is 23.0 Å². The Hall–Kier alpha value is -15.3. The lowest BCUT2D eigenvalue weighted by atomic mass is 9.92. The number of thiazole rings is 1. The van der Waals surface area contributed by atoms with E-state index in [-0.39, 0.29) is 171 Å². The number of imidazole rings is 1. The molecule has 8 amide bonds. The normalized spacial score (nSPS) is 20.4. The Morgan fingerprint density at radius 3 is 1.50 bits per heavy atom. The van der Waals surface area contributed by atoms with Gasteiger partial charge in [0.1, 0.15) is 84.0 Å². The van der Waals surface area contributed by atoms with Gasteiger partial charge in [0.15, 0.2) is 17.3 Å². The van der Waals surface area contributed by atoms with E-state index in [0.717, 1.165) is 169 Å². The Morgan fingerprint density at radius 2 is 0.945 bits per heavy atom. The number of hydrogen-bond acceptors (Lipinski definition) is 30. The van der Waals surface area contributed by atoms with Crippen molar-refractivity contribution in [3.63, 3.8) is 0 Å². The van der Waals surface area contributed by atoms with Gasteiger partial charge < -0.3 is 53.6 Å². The molecule has 9 aliphatic heterocycles. The lowest BCUT2D eigenvalue weighted by Crippen LogP contribution is -2.52. The number of rotatable bonds is 25. The third-order valence-corrected chi connectivity index (χ3v) is 28.2. The van der Waals surface area contributed by atoms with Gasteiger partial charge in [-0.1, -0.05) is 109 Å². The molecule has 3 saturated heterocycles. The molecule has 0 spiro atoms. The summed E-state index contributed by atoms with van der Waals surface area (Å²) < 4.78 is 36.9. The average Bonchev–Trinajstić information content (AvgIpc) is 1.61. The number of amides is 8. The maximum absolute atomic E-state index is 13.3. The Bertz CT molecular complexity index is 6770. The van der Waals surface area contributed by atoms with Crippen molar-refractivity contribution in [1.82, 2.24) is 59.1 Å². The highest BCUT2D eigenvalue weighted by atomic mass is 32.1. The number of nitrogens with one attached hydrogen (secondary N) is 1. The number of nitrogens with zero attached hydrogens (tertiary/aromatic N) is 12. The number of imide groups is 3. The van der Waals surface area contributed by atoms with Gasteiger partial charge in [-0.25, -0.2) is 9.97 Å². The Labute approximate surface area is 837 Å². The molecule has 5 atom stereocenters. The second-order valence-corrected chi connectivity index (χ2v) is 37.9. The van der Waals surface area contributed by atoms with Gasteiger partial charge in [-0.2, -0.15) is 0 Å². The predicted octanol–water partition coefficient (Wildman–Crippen LogP) is 9.70. The number of ketones is 6. The zero-order valence-electron chi connectivity index (χ0n) is 79.4. The second-order valence-electron chi connectivity index (χ2n) is 37.0. The molecule has 3 aromatic heterocycles. The number of morpholine rings is 2. The molecule has 12 aliphatic rings. The summed E-state index contributed by atoms with van der Waals surface area (Å²) in [7, 11) is 0. The number of ether oxygens (including phenoxy) is 6. The van der Waals surface area contributed by atoms with E-state index in [4.69, 9.17) is 44.1 Å². The highest BCUT2D eigenvalue weighted by molar-refractivity contribution is 7.09. The molecule has 12 heterocycles. The molecular formula is C108H106N14O22S. The van der Waals surface area contributed by atoms with Gasteiger partial charge in [-0.15, -0.1) is 11.3 Å². The summed E-state index contributed by atoms with van der Waals surface area (Å²) in [6.45, 7) is 12.7. The molecule has 22 rings (SSSR count). The maximum Gasteiger partial charge on any atom is 0.290 e. The molecule has 10 aromatic rings. The number of hydrogen-bond donors (Lipinski definition) is 3. The summed E-state index contributed by atoms with van der Waals surface area (Å²) in [6.07, 6.45) is 9.75. The van der Waals surface area contributed by atoms with Crippen LogP contribution in [0.25, 0.3) is 11.3 Å². The van der Waals surface area contributed by atoms with Gasteiger partial charge in [0.2, 0.25) is 11.8 Å². The third kappa shape index (κ3) is 23.2. The lowest BCUT2D eigenvalue weighted by molar-refractivity contribution is -0.137. The van der Waals surface area contributed by atoms with Crippen molar-refractivity contribution in [2.24, 2.45) is 10.7 Å². The minimum absolute atomic E-state index is 0.0487. The molecule has 5 unspecified atom stereocenters. The van der Waals surface area contributed by atoms with E-state index in [1.165, 1.54) is 33.1 Å². The summed E-state index contributed by atoms with van der Waals surface area (Å²) in [5.41, 5.74) is 21.2. The van der Waals surface area contributed by atoms with Crippen LogP contribution in [-0.4, -0.2) is 256 Å². The van der Waals surface area contributed by atoms with Gasteiger partial charge in [0.05, 0.1) is 123 Å². The molecule has 37 heteroatoms. The second kappa shape index (κ2) is 45.6. The van der Waals surface area contributed by atoms with Gasteiger partial charge in [-0.05, 0) is 120 Å². The van der Waals surface area contributed by atoms with E-state index >= 15 is 0 Å². The number of fused-ring (bicyclic) bond motifs is 5. The van der Waals surface area contributed by atoms with Gasteiger partial charge in [0, 0.05) is 149 Å². The highest BCUT2D eigenvalue weighted by Gasteiger charge is 2.49. The molecule has 3 aliphatic carbocycles. The van der Waals surface area contributed by atoms with Crippen molar-refractivity contribution in [1.29, 1.82) is 0 Å². The minimum Gasteiger partial charge on any atom is -0.489 e. The van der Waals surface area contributed by atoms with E-state index in [1.807, 2.05) is 90.8 Å². The van der Waals surface area contributed by atoms with Crippen molar-refractivity contribution < 1.29 is 105 Å². The Morgan fingerprint density at radius 1 is 0.455 bits per heavy atom. The van der Waals surface area contributed by atoms with Crippen molar-refractivity contribution in [3.8, 4) is 34.3 Å². The van der Waals surface area contributed by atoms with Gasteiger partial charge in [-0.3, -0.25) is 112 Å². The van der Waals surface area contributed by atoms with Gasteiger partial charge in [0.25, 0.3) is 41.9 Å². The molecule has 3 saturated carbocycles. The number of carbonyl (C=O) groups excluding carboxylic acids is 14. The first-order valence-corrected chi connectivity index (χ1v) is 49.2.